The summed E-state index contributed by atoms with van der Waals surface area (Å²) in [6, 6.07) is 6.40. The summed E-state index contributed by atoms with van der Waals surface area (Å²) in [6.45, 7) is 0. The molecule has 0 unspecified atom stereocenters. The lowest BCUT2D eigenvalue weighted by Crippen LogP contribution is -2.00. The van der Waals surface area contributed by atoms with Crippen molar-refractivity contribution in [2.75, 3.05) is 0 Å². The first-order chi connectivity index (χ1) is 9.49. The Kier molecular flexibility index (Phi) is 5.29. The van der Waals surface area contributed by atoms with Crippen LogP contribution in [0, 0.1) is 0 Å². The molecule has 1 aromatic carbocycles. The molecule has 0 amide bonds. The molecule has 0 bridgehead atoms. The van der Waals surface area contributed by atoms with Gasteiger partial charge in [-0.1, -0.05) is 57.6 Å². The van der Waals surface area contributed by atoms with E-state index >= 15 is 0 Å². The second kappa shape index (κ2) is 6.78. The molecular formula is C12H5Cl4NO2S. The fraction of sp³-hybridized carbons (Fsp3) is 0. The van der Waals surface area contributed by atoms with Crippen LogP contribution in [0.15, 0.2) is 29.4 Å². The maximum atomic E-state index is 11.7. The van der Waals surface area contributed by atoms with Crippen molar-refractivity contribution in [1.82, 2.24) is 0 Å². The summed E-state index contributed by atoms with van der Waals surface area (Å²) in [5.41, 5.74) is 0.613. The Morgan fingerprint density at radius 3 is 2.40 bits per heavy atom. The zero-order valence-electron chi connectivity index (χ0n) is 9.57. The molecule has 1 heterocycles. The van der Waals surface area contributed by atoms with Gasteiger partial charge < -0.3 is 4.84 Å². The van der Waals surface area contributed by atoms with Crippen LogP contribution < -0.4 is 0 Å². The highest BCUT2D eigenvalue weighted by atomic mass is 35.5. The van der Waals surface area contributed by atoms with E-state index in [2.05, 4.69) is 5.16 Å². The number of carbonyl (C=O) groups excluding carboxylic acids is 1. The average Bonchev–Trinajstić information content (AvgIpc) is 2.72. The van der Waals surface area contributed by atoms with Crippen molar-refractivity contribution in [3.05, 3.63) is 54.1 Å². The molecule has 2 aromatic rings. The molecule has 104 valence electrons. The molecule has 0 saturated heterocycles. The molecule has 0 radical (unpaired) electrons. The van der Waals surface area contributed by atoms with Crippen molar-refractivity contribution >= 4 is 69.9 Å². The molecule has 0 saturated carbocycles. The summed E-state index contributed by atoms with van der Waals surface area (Å²) in [5.74, 6) is -0.711. The summed E-state index contributed by atoms with van der Waals surface area (Å²) < 4.78 is 0.631. The third-order valence-electron chi connectivity index (χ3n) is 2.19. The number of nitrogens with zero attached hydrogens (tertiary/aromatic N) is 1. The van der Waals surface area contributed by atoms with Crippen molar-refractivity contribution in [3.63, 3.8) is 0 Å². The molecule has 3 nitrogen and oxygen atoms in total. The van der Waals surface area contributed by atoms with E-state index in [1.807, 2.05) is 0 Å². The van der Waals surface area contributed by atoms with E-state index in [4.69, 9.17) is 51.2 Å². The van der Waals surface area contributed by atoms with Gasteiger partial charge in [0.1, 0.15) is 4.34 Å². The zero-order valence-corrected chi connectivity index (χ0v) is 13.4. The van der Waals surface area contributed by atoms with Crippen LogP contribution in [-0.4, -0.2) is 12.2 Å². The zero-order chi connectivity index (χ0) is 14.7. The van der Waals surface area contributed by atoms with Crippen LogP contribution >= 0.6 is 57.7 Å². The molecule has 8 heteroatoms. The van der Waals surface area contributed by atoms with E-state index in [-0.39, 0.29) is 9.90 Å². The van der Waals surface area contributed by atoms with Gasteiger partial charge in [-0.15, -0.1) is 11.3 Å². The molecule has 0 N–H and O–H groups in total. The number of halogens is 4. The normalized spacial score (nSPS) is 11.0. The number of hydrogen-bond acceptors (Lipinski definition) is 4. The van der Waals surface area contributed by atoms with Gasteiger partial charge in [-0.25, -0.2) is 4.79 Å². The molecular weight excluding hydrogens is 364 g/mol. The van der Waals surface area contributed by atoms with E-state index < -0.39 is 5.97 Å². The smallest absolute Gasteiger partial charge is 0.313 e. The third-order valence-corrected chi connectivity index (χ3v) is 4.34. The van der Waals surface area contributed by atoms with Gasteiger partial charge in [-0.05, 0) is 18.2 Å². The minimum absolute atomic E-state index is 0.157. The Bertz CT molecular complexity index is 664. The van der Waals surface area contributed by atoms with Crippen molar-refractivity contribution in [3.8, 4) is 0 Å². The molecule has 2 rings (SSSR count). The highest BCUT2D eigenvalue weighted by Gasteiger charge is 2.15. The van der Waals surface area contributed by atoms with Gasteiger partial charge in [0, 0.05) is 5.56 Å². The first-order valence-electron chi connectivity index (χ1n) is 5.12. The SMILES string of the molecule is O=C(ON=Cc1c(Cl)cccc1Cl)c1cc(Cl)sc1Cl. The minimum Gasteiger partial charge on any atom is -0.313 e. The van der Waals surface area contributed by atoms with Crippen molar-refractivity contribution < 1.29 is 9.63 Å². The number of benzene rings is 1. The Labute approximate surface area is 138 Å². The predicted octanol–water partition coefficient (Wildman–Crippen LogP) is 5.55. The Hall–Kier alpha value is -0.780. The number of hydrogen-bond donors (Lipinski definition) is 0. The van der Waals surface area contributed by atoms with Crippen LogP contribution in [0.5, 0.6) is 0 Å². The highest BCUT2D eigenvalue weighted by Crippen LogP contribution is 2.31. The van der Waals surface area contributed by atoms with Crippen LogP contribution in [-0.2, 0) is 4.84 Å². The summed E-state index contributed by atoms with van der Waals surface area (Å²) in [5, 5.41) is 4.34. The third kappa shape index (κ3) is 3.65. The van der Waals surface area contributed by atoms with Gasteiger partial charge in [0.25, 0.3) is 0 Å². The van der Waals surface area contributed by atoms with Crippen molar-refractivity contribution in [2.24, 2.45) is 5.16 Å². The van der Waals surface area contributed by atoms with Crippen LogP contribution in [0.2, 0.25) is 18.7 Å². The number of oxime groups is 1. The van der Waals surface area contributed by atoms with Crippen LogP contribution in [0.25, 0.3) is 0 Å². The first-order valence-corrected chi connectivity index (χ1v) is 7.45. The molecule has 20 heavy (non-hydrogen) atoms. The van der Waals surface area contributed by atoms with Crippen molar-refractivity contribution in [1.29, 1.82) is 0 Å². The van der Waals surface area contributed by atoms with Crippen molar-refractivity contribution in [2.45, 2.75) is 0 Å². The highest BCUT2D eigenvalue weighted by molar-refractivity contribution is 7.20. The first kappa shape index (κ1) is 15.6. The van der Waals surface area contributed by atoms with E-state index in [0.29, 0.717) is 19.9 Å². The molecule has 0 spiro atoms. The van der Waals surface area contributed by atoms with E-state index in [1.54, 1.807) is 18.2 Å². The fourth-order valence-corrected chi connectivity index (χ4v) is 3.22. The van der Waals surface area contributed by atoms with Gasteiger partial charge in [0.15, 0.2) is 0 Å². The van der Waals surface area contributed by atoms with E-state index in [0.717, 1.165) is 11.3 Å². The largest absolute Gasteiger partial charge is 0.368 e. The second-order valence-electron chi connectivity index (χ2n) is 3.49. The standard InChI is InChI=1S/C12H5Cl4NO2S/c13-8-2-1-3-9(14)7(8)5-17-19-12(18)6-4-10(15)20-11(6)16/h1-5H. The summed E-state index contributed by atoms with van der Waals surface area (Å²) in [6.07, 6.45) is 1.25. The van der Waals surface area contributed by atoms with Crippen LogP contribution in [0.1, 0.15) is 15.9 Å². The summed E-state index contributed by atoms with van der Waals surface area (Å²) in [7, 11) is 0. The lowest BCUT2D eigenvalue weighted by molar-refractivity contribution is 0.0520. The Balaban J connectivity index is 2.11. The molecule has 0 aliphatic heterocycles. The lowest BCUT2D eigenvalue weighted by atomic mass is 10.2. The number of rotatable bonds is 3. The Morgan fingerprint density at radius 1 is 1.20 bits per heavy atom. The monoisotopic (exact) mass is 367 g/mol. The number of thiophene rings is 1. The summed E-state index contributed by atoms with van der Waals surface area (Å²) in [4.78, 5) is 16.4. The van der Waals surface area contributed by atoms with Crippen LogP contribution in [0.3, 0.4) is 0 Å². The molecule has 0 aliphatic rings. The van der Waals surface area contributed by atoms with Gasteiger partial charge in [-0.2, -0.15) is 0 Å². The van der Waals surface area contributed by atoms with Crippen LogP contribution in [0.4, 0.5) is 0 Å². The van der Waals surface area contributed by atoms with E-state index in [1.165, 1.54) is 12.3 Å². The van der Waals surface area contributed by atoms with Gasteiger partial charge >= 0.3 is 5.97 Å². The van der Waals surface area contributed by atoms with Gasteiger partial charge in [0.2, 0.25) is 0 Å². The molecule has 1 aromatic heterocycles. The maximum Gasteiger partial charge on any atom is 0.368 e. The van der Waals surface area contributed by atoms with E-state index in [9.17, 15) is 4.79 Å². The van der Waals surface area contributed by atoms with Gasteiger partial charge in [-0.3, -0.25) is 0 Å². The Morgan fingerprint density at radius 2 is 1.85 bits per heavy atom. The predicted molar refractivity (Wildman–Crippen MR) is 83.8 cm³/mol. The lowest BCUT2D eigenvalue weighted by Gasteiger charge is -2.00. The number of carbonyl (C=O) groups is 1. The molecule has 0 atom stereocenters. The molecule has 0 aliphatic carbocycles. The second-order valence-corrected chi connectivity index (χ2v) is 6.59. The van der Waals surface area contributed by atoms with Gasteiger partial charge in [0.05, 0.1) is 26.2 Å². The topological polar surface area (TPSA) is 38.7 Å². The molecule has 0 fully saturated rings. The average molecular weight is 369 g/mol. The summed E-state index contributed by atoms with van der Waals surface area (Å²) >= 11 is 24.5. The maximum absolute atomic E-state index is 11.7. The minimum atomic E-state index is -0.711. The fourth-order valence-electron chi connectivity index (χ4n) is 1.29. The quantitative estimate of drug-likeness (QED) is 0.404.